The van der Waals surface area contributed by atoms with Crippen LogP contribution in [0.25, 0.3) is 0 Å². The van der Waals surface area contributed by atoms with Crippen LogP contribution in [0.3, 0.4) is 0 Å². The summed E-state index contributed by atoms with van der Waals surface area (Å²) in [4.78, 5) is 5.17. The second kappa shape index (κ2) is 4.51. The summed E-state index contributed by atoms with van der Waals surface area (Å²) in [5.41, 5.74) is 8.02. The molecule has 2 rings (SSSR count). The van der Waals surface area contributed by atoms with E-state index in [1.54, 1.807) is 12.5 Å². The molecule has 1 aromatic heterocycles. The van der Waals surface area contributed by atoms with Gasteiger partial charge in [-0.1, -0.05) is 17.7 Å². The zero-order valence-electron chi connectivity index (χ0n) is 8.43. The lowest BCUT2D eigenvalue weighted by atomic mass is 10.1. The van der Waals surface area contributed by atoms with Crippen LogP contribution < -0.4 is 5.73 Å². The predicted molar refractivity (Wildman–Crippen MR) is 59.7 cm³/mol. The summed E-state index contributed by atoms with van der Waals surface area (Å²) in [6.07, 6.45) is 3.21. The maximum Gasteiger partial charge on any atom is 0.260 e. The lowest BCUT2D eigenvalue weighted by Gasteiger charge is -2.05. The average Bonchev–Trinajstić information content (AvgIpc) is 2.73. The van der Waals surface area contributed by atoms with Crippen LogP contribution in [-0.4, -0.2) is 4.98 Å². The van der Waals surface area contributed by atoms with E-state index in [1.165, 1.54) is 17.3 Å². The van der Waals surface area contributed by atoms with Crippen molar-refractivity contribution in [2.45, 2.75) is 23.6 Å². The summed E-state index contributed by atoms with van der Waals surface area (Å²) >= 11 is 1.50. The van der Waals surface area contributed by atoms with Crippen molar-refractivity contribution < 1.29 is 4.42 Å². The summed E-state index contributed by atoms with van der Waals surface area (Å²) in [7, 11) is 0. The molecular weight excluding hydrogens is 208 g/mol. The van der Waals surface area contributed by atoms with E-state index in [0.29, 0.717) is 11.8 Å². The molecule has 2 N–H and O–H groups in total. The number of oxazole rings is 1. The molecular formula is C11H12N2OS. The van der Waals surface area contributed by atoms with Crippen molar-refractivity contribution in [3.05, 3.63) is 41.8 Å². The van der Waals surface area contributed by atoms with Crippen molar-refractivity contribution >= 4 is 11.8 Å². The van der Waals surface area contributed by atoms with Crippen LogP contribution in [0.1, 0.15) is 11.1 Å². The van der Waals surface area contributed by atoms with Crippen LogP contribution in [0.5, 0.6) is 0 Å². The molecule has 0 aliphatic carbocycles. The minimum Gasteiger partial charge on any atom is -0.440 e. The molecule has 15 heavy (non-hydrogen) atoms. The van der Waals surface area contributed by atoms with Gasteiger partial charge >= 0.3 is 0 Å². The number of nitrogens with two attached hydrogens (primary N) is 1. The van der Waals surface area contributed by atoms with E-state index < -0.39 is 0 Å². The summed E-state index contributed by atoms with van der Waals surface area (Å²) in [6, 6.07) is 6.20. The largest absolute Gasteiger partial charge is 0.440 e. The highest BCUT2D eigenvalue weighted by Gasteiger charge is 2.06. The Kier molecular flexibility index (Phi) is 3.08. The highest BCUT2D eigenvalue weighted by Crippen LogP contribution is 2.29. The average molecular weight is 220 g/mol. The van der Waals surface area contributed by atoms with E-state index in [-0.39, 0.29) is 0 Å². The third kappa shape index (κ3) is 2.40. The molecule has 0 unspecified atom stereocenters. The van der Waals surface area contributed by atoms with Gasteiger partial charge in [0.1, 0.15) is 6.26 Å². The monoisotopic (exact) mass is 220 g/mol. The van der Waals surface area contributed by atoms with E-state index in [9.17, 15) is 0 Å². The predicted octanol–water partition coefficient (Wildman–Crippen LogP) is 2.59. The molecule has 0 amide bonds. The van der Waals surface area contributed by atoms with Crippen molar-refractivity contribution in [2.75, 3.05) is 0 Å². The number of aryl methyl sites for hydroxylation is 1. The lowest BCUT2D eigenvalue weighted by molar-refractivity contribution is 0.454. The Balaban J connectivity index is 2.28. The Labute approximate surface area is 92.7 Å². The Bertz CT molecular complexity index is 440. The molecule has 4 heteroatoms. The minimum atomic E-state index is 0.532. The van der Waals surface area contributed by atoms with Crippen LogP contribution in [0.4, 0.5) is 0 Å². The van der Waals surface area contributed by atoms with E-state index >= 15 is 0 Å². The minimum absolute atomic E-state index is 0.532. The van der Waals surface area contributed by atoms with Gasteiger partial charge in [0.25, 0.3) is 5.22 Å². The summed E-state index contributed by atoms with van der Waals surface area (Å²) in [6.45, 7) is 2.59. The summed E-state index contributed by atoms with van der Waals surface area (Å²) < 4.78 is 5.18. The first-order valence-electron chi connectivity index (χ1n) is 4.66. The molecule has 1 heterocycles. The fraction of sp³-hybridized carbons (Fsp3) is 0.182. The maximum absolute atomic E-state index is 5.68. The van der Waals surface area contributed by atoms with Crippen molar-refractivity contribution in [3.63, 3.8) is 0 Å². The molecule has 0 aliphatic rings. The molecule has 0 bridgehead atoms. The first-order valence-corrected chi connectivity index (χ1v) is 5.48. The molecule has 0 saturated heterocycles. The Hall–Kier alpha value is -1.26. The van der Waals surface area contributed by atoms with Gasteiger partial charge in [-0.25, -0.2) is 4.98 Å². The molecule has 2 aromatic rings. The molecule has 0 aliphatic heterocycles. The summed E-state index contributed by atoms with van der Waals surface area (Å²) in [5, 5.41) is 0.647. The fourth-order valence-electron chi connectivity index (χ4n) is 1.32. The van der Waals surface area contributed by atoms with Crippen LogP contribution in [0.2, 0.25) is 0 Å². The van der Waals surface area contributed by atoms with Crippen molar-refractivity contribution in [3.8, 4) is 0 Å². The number of rotatable bonds is 3. The van der Waals surface area contributed by atoms with Gasteiger partial charge in [-0.15, -0.1) is 0 Å². The van der Waals surface area contributed by atoms with Gasteiger partial charge in [0.2, 0.25) is 0 Å². The van der Waals surface area contributed by atoms with Gasteiger partial charge < -0.3 is 10.2 Å². The van der Waals surface area contributed by atoms with Crippen molar-refractivity contribution in [1.82, 2.24) is 4.98 Å². The Morgan fingerprint density at radius 1 is 1.47 bits per heavy atom. The third-order valence-corrected chi connectivity index (χ3v) is 3.04. The molecule has 0 saturated carbocycles. The van der Waals surface area contributed by atoms with Crippen LogP contribution in [0, 0.1) is 6.92 Å². The number of hydrogen-bond donors (Lipinski definition) is 1. The third-order valence-electron chi connectivity index (χ3n) is 2.04. The highest BCUT2D eigenvalue weighted by atomic mass is 32.2. The van der Waals surface area contributed by atoms with Crippen LogP contribution >= 0.6 is 11.8 Å². The van der Waals surface area contributed by atoms with Gasteiger partial charge in [0.05, 0.1) is 6.20 Å². The van der Waals surface area contributed by atoms with Gasteiger partial charge in [0.15, 0.2) is 0 Å². The molecule has 1 aromatic carbocycles. The van der Waals surface area contributed by atoms with E-state index in [1.807, 2.05) is 6.07 Å². The molecule has 0 spiro atoms. The quantitative estimate of drug-likeness (QED) is 0.863. The number of benzene rings is 1. The number of aromatic nitrogens is 1. The van der Waals surface area contributed by atoms with E-state index in [0.717, 1.165) is 10.5 Å². The lowest BCUT2D eigenvalue weighted by Crippen LogP contribution is -1.98. The van der Waals surface area contributed by atoms with Gasteiger partial charge in [0, 0.05) is 11.4 Å². The normalized spacial score (nSPS) is 10.5. The fourth-order valence-corrected chi connectivity index (χ4v) is 2.14. The van der Waals surface area contributed by atoms with Crippen LogP contribution in [0.15, 0.2) is 45.2 Å². The highest BCUT2D eigenvalue weighted by molar-refractivity contribution is 7.99. The zero-order valence-corrected chi connectivity index (χ0v) is 9.25. The molecule has 0 radical (unpaired) electrons. The first kappa shape index (κ1) is 10.3. The molecule has 3 nitrogen and oxygen atoms in total. The van der Waals surface area contributed by atoms with Gasteiger partial charge in [-0.05, 0) is 30.3 Å². The second-order valence-electron chi connectivity index (χ2n) is 3.22. The molecule has 0 atom stereocenters. The number of hydrogen-bond acceptors (Lipinski definition) is 4. The van der Waals surface area contributed by atoms with Crippen molar-refractivity contribution in [1.29, 1.82) is 0 Å². The smallest absolute Gasteiger partial charge is 0.260 e. The van der Waals surface area contributed by atoms with Gasteiger partial charge in [-0.3, -0.25) is 0 Å². The second-order valence-corrected chi connectivity index (χ2v) is 4.21. The Morgan fingerprint density at radius 2 is 2.33 bits per heavy atom. The topological polar surface area (TPSA) is 52.0 Å². The summed E-state index contributed by atoms with van der Waals surface area (Å²) in [5.74, 6) is 0. The van der Waals surface area contributed by atoms with E-state index in [2.05, 4.69) is 24.0 Å². The standard InChI is InChI=1S/C11H12N2OS/c1-8-2-3-10(9(6-8)7-12)15-11-13-4-5-14-11/h2-6H,7,12H2,1H3. The number of nitrogens with zero attached hydrogens (tertiary/aromatic N) is 1. The van der Waals surface area contributed by atoms with Crippen LogP contribution in [-0.2, 0) is 6.54 Å². The molecule has 78 valence electrons. The van der Waals surface area contributed by atoms with E-state index in [4.69, 9.17) is 10.2 Å². The van der Waals surface area contributed by atoms with Gasteiger partial charge in [-0.2, -0.15) is 0 Å². The Morgan fingerprint density at radius 3 is 3.00 bits per heavy atom. The van der Waals surface area contributed by atoms with Crippen molar-refractivity contribution in [2.24, 2.45) is 5.73 Å². The SMILES string of the molecule is Cc1ccc(Sc2ncco2)c(CN)c1. The first-order chi connectivity index (χ1) is 7.29. The molecule has 0 fully saturated rings. The maximum atomic E-state index is 5.68. The zero-order chi connectivity index (χ0) is 10.7.